The maximum absolute atomic E-state index is 12.4. The molecule has 2 heterocycles. The van der Waals surface area contributed by atoms with Crippen LogP contribution in [0.15, 0.2) is 30.5 Å². The number of rotatable bonds is 5. The second-order valence-electron chi connectivity index (χ2n) is 5.59. The smallest absolute Gasteiger partial charge is 0.277 e. The predicted molar refractivity (Wildman–Crippen MR) is 91.4 cm³/mol. The Bertz CT molecular complexity index is 966. The maximum Gasteiger partial charge on any atom is 0.277 e. The van der Waals surface area contributed by atoms with Gasteiger partial charge in [0.1, 0.15) is 0 Å². The van der Waals surface area contributed by atoms with Crippen LogP contribution in [-0.2, 0) is 6.54 Å². The molecule has 0 bridgehead atoms. The molecule has 2 aromatic heterocycles. The first-order chi connectivity index (χ1) is 12.0. The number of pyridine rings is 1. The van der Waals surface area contributed by atoms with Gasteiger partial charge in [-0.1, -0.05) is 12.1 Å². The number of benzene rings is 1. The average molecular weight is 340 g/mol. The largest absolute Gasteiger partial charge is 0.320 e. The van der Waals surface area contributed by atoms with Gasteiger partial charge in [0, 0.05) is 29.8 Å². The molecule has 3 aromatic rings. The van der Waals surface area contributed by atoms with Gasteiger partial charge in [0.15, 0.2) is 5.69 Å². The first-order valence-electron chi connectivity index (χ1n) is 7.75. The van der Waals surface area contributed by atoms with Crippen molar-refractivity contribution in [3.8, 4) is 0 Å². The number of carbonyl (C=O) groups excluding carboxylic acids is 1. The third-order valence-corrected chi connectivity index (χ3v) is 3.60. The summed E-state index contributed by atoms with van der Waals surface area (Å²) in [5.41, 5.74) is 1.81. The van der Waals surface area contributed by atoms with Gasteiger partial charge in [-0.15, -0.1) is 5.10 Å². The Labute approximate surface area is 142 Å². The Morgan fingerprint density at radius 1 is 1.36 bits per heavy atom. The number of nitro groups is 1. The number of fused-ring (bicyclic) bond motifs is 1. The van der Waals surface area contributed by atoms with Crippen molar-refractivity contribution in [3.63, 3.8) is 0 Å². The minimum absolute atomic E-state index is 0.0671. The van der Waals surface area contributed by atoms with E-state index in [9.17, 15) is 14.9 Å². The number of non-ortho nitro benzene ring substituents is 1. The van der Waals surface area contributed by atoms with E-state index in [0.717, 1.165) is 6.42 Å². The lowest BCUT2D eigenvalue weighted by Gasteiger charge is -2.08. The normalized spacial score (nSPS) is 10.8. The molecule has 0 saturated carbocycles. The predicted octanol–water partition coefficient (Wildman–Crippen LogP) is 2.71. The summed E-state index contributed by atoms with van der Waals surface area (Å²) in [5, 5.41) is 22.0. The summed E-state index contributed by atoms with van der Waals surface area (Å²) in [6, 6.07) is 6.01. The number of hydrogen-bond acceptors (Lipinski definition) is 6. The van der Waals surface area contributed by atoms with Crippen molar-refractivity contribution in [1.82, 2.24) is 20.0 Å². The van der Waals surface area contributed by atoms with Crippen LogP contribution in [0.3, 0.4) is 0 Å². The van der Waals surface area contributed by atoms with Crippen molar-refractivity contribution in [2.75, 3.05) is 5.32 Å². The van der Waals surface area contributed by atoms with Gasteiger partial charge in [0.05, 0.1) is 22.3 Å². The fourth-order valence-corrected chi connectivity index (χ4v) is 2.49. The second-order valence-corrected chi connectivity index (χ2v) is 5.59. The molecule has 1 aromatic carbocycles. The minimum Gasteiger partial charge on any atom is -0.320 e. The molecule has 0 aliphatic carbocycles. The van der Waals surface area contributed by atoms with Gasteiger partial charge in [0.2, 0.25) is 0 Å². The Morgan fingerprint density at radius 3 is 2.88 bits per heavy atom. The fraction of sp³-hybridized carbons (Fsp3) is 0.250. The molecule has 0 unspecified atom stereocenters. The standard InChI is InChI=1S/C16H16N6O3/c1-3-6-21-9-15(19-20-21)16(23)18-14-7-10(2)17-13-5-4-11(22(24)25)8-12(13)14/h4-5,7-9H,3,6H2,1-2H3,(H,17,18,23). The highest BCUT2D eigenvalue weighted by Gasteiger charge is 2.15. The van der Waals surface area contributed by atoms with Crippen LogP contribution in [0.25, 0.3) is 10.9 Å². The molecule has 9 nitrogen and oxygen atoms in total. The topological polar surface area (TPSA) is 116 Å². The van der Waals surface area contributed by atoms with Gasteiger partial charge < -0.3 is 5.32 Å². The number of aryl methyl sites for hydroxylation is 2. The summed E-state index contributed by atoms with van der Waals surface area (Å²) >= 11 is 0. The monoisotopic (exact) mass is 340 g/mol. The van der Waals surface area contributed by atoms with Gasteiger partial charge in [0.25, 0.3) is 11.6 Å². The van der Waals surface area contributed by atoms with Gasteiger partial charge >= 0.3 is 0 Å². The highest BCUT2D eigenvalue weighted by molar-refractivity contribution is 6.07. The molecule has 1 amide bonds. The van der Waals surface area contributed by atoms with Crippen LogP contribution in [0.2, 0.25) is 0 Å². The molecule has 1 N–H and O–H groups in total. The van der Waals surface area contributed by atoms with Crippen LogP contribution in [0.5, 0.6) is 0 Å². The minimum atomic E-state index is -0.485. The lowest BCUT2D eigenvalue weighted by Crippen LogP contribution is -2.13. The summed E-state index contributed by atoms with van der Waals surface area (Å²) in [6.45, 7) is 4.46. The first kappa shape index (κ1) is 16.5. The van der Waals surface area contributed by atoms with E-state index in [-0.39, 0.29) is 11.4 Å². The Balaban J connectivity index is 1.97. The Kier molecular flexibility index (Phi) is 4.38. The molecule has 0 saturated heterocycles. The molecule has 0 atom stereocenters. The van der Waals surface area contributed by atoms with Crippen molar-refractivity contribution in [2.24, 2.45) is 0 Å². The summed E-state index contributed by atoms with van der Waals surface area (Å²) in [7, 11) is 0. The summed E-state index contributed by atoms with van der Waals surface area (Å²) in [6.07, 6.45) is 2.44. The fourth-order valence-electron chi connectivity index (χ4n) is 2.49. The van der Waals surface area contributed by atoms with Crippen LogP contribution >= 0.6 is 0 Å². The lowest BCUT2D eigenvalue weighted by molar-refractivity contribution is -0.384. The van der Waals surface area contributed by atoms with Crippen molar-refractivity contribution < 1.29 is 9.72 Å². The van der Waals surface area contributed by atoms with Crippen molar-refractivity contribution in [3.05, 3.63) is 52.0 Å². The van der Waals surface area contributed by atoms with Crippen molar-refractivity contribution >= 4 is 28.2 Å². The van der Waals surface area contributed by atoms with Gasteiger partial charge in [-0.25, -0.2) is 0 Å². The SMILES string of the molecule is CCCn1cc(C(=O)Nc2cc(C)nc3ccc([N+](=O)[O-])cc23)nn1. The number of nitro benzene ring substituents is 1. The number of nitrogens with one attached hydrogen (secondary N) is 1. The van der Waals surface area contributed by atoms with Crippen molar-refractivity contribution in [2.45, 2.75) is 26.8 Å². The van der Waals surface area contributed by atoms with E-state index in [1.54, 1.807) is 29.9 Å². The summed E-state index contributed by atoms with van der Waals surface area (Å²) in [5.74, 6) is -0.430. The van der Waals surface area contributed by atoms with E-state index in [4.69, 9.17) is 0 Å². The highest BCUT2D eigenvalue weighted by Crippen LogP contribution is 2.27. The maximum atomic E-state index is 12.4. The Morgan fingerprint density at radius 2 is 2.16 bits per heavy atom. The molecular weight excluding hydrogens is 324 g/mol. The van der Waals surface area contributed by atoms with E-state index >= 15 is 0 Å². The van der Waals surface area contributed by atoms with E-state index in [2.05, 4.69) is 20.6 Å². The molecule has 0 aliphatic heterocycles. The zero-order valence-electron chi connectivity index (χ0n) is 13.8. The van der Waals surface area contributed by atoms with E-state index < -0.39 is 10.8 Å². The summed E-state index contributed by atoms with van der Waals surface area (Å²) in [4.78, 5) is 27.3. The van der Waals surface area contributed by atoms with Crippen molar-refractivity contribution in [1.29, 1.82) is 0 Å². The molecule has 0 aliphatic rings. The number of anilines is 1. The van der Waals surface area contributed by atoms with Crippen LogP contribution < -0.4 is 5.32 Å². The van der Waals surface area contributed by atoms with Crippen LogP contribution in [0, 0.1) is 17.0 Å². The van der Waals surface area contributed by atoms with E-state index in [0.29, 0.717) is 28.8 Å². The zero-order valence-corrected chi connectivity index (χ0v) is 13.8. The molecule has 9 heteroatoms. The third kappa shape index (κ3) is 3.44. The summed E-state index contributed by atoms with van der Waals surface area (Å²) < 4.78 is 1.59. The molecule has 0 radical (unpaired) electrons. The highest BCUT2D eigenvalue weighted by atomic mass is 16.6. The number of aromatic nitrogens is 4. The quantitative estimate of drug-likeness (QED) is 0.564. The van der Waals surface area contributed by atoms with Gasteiger partial charge in [-0.2, -0.15) is 0 Å². The van der Waals surface area contributed by atoms with Gasteiger partial charge in [-0.05, 0) is 25.5 Å². The second kappa shape index (κ2) is 6.63. The lowest BCUT2D eigenvalue weighted by atomic mass is 10.1. The number of amides is 1. The molecular formula is C16H16N6O3. The molecule has 0 spiro atoms. The number of nitrogens with zero attached hydrogens (tertiary/aromatic N) is 5. The Hall–Kier alpha value is -3.36. The van der Waals surface area contributed by atoms with Crippen LogP contribution in [0.1, 0.15) is 29.5 Å². The third-order valence-electron chi connectivity index (χ3n) is 3.60. The van der Waals surface area contributed by atoms with Gasteiger partial charge in [-0.3, -0.25) is 24.6 Å². The average Bonchev–Trinajstić information content (AvgIpc) is 3.03. The van der Waals surface area contributed by atoms with Crippen LogP contribution in [0.4, 0.5) is 11.4 Å². The number of hydrogen-bond donors (Lipinski definition) is 1. The van der Waals surface area contributed by atoms with Crippen LogP contribution in [-0.4, -0.2) is 30.8 Å². The van der Waals surface area contributed by atoms with E-state index in [1.165, 1.54) is 12.1 Å². The molecule has 25 heavy (non-hydrogen) atoms. The zero-order chi connectivity index (χ0) is 18.0. The van der Waals surface area contributed by atoms with E-state index in [1.807, 2.05) is 6.92 Å². The molecule has 0 fully saturated rings. The first-order valence-corrected chi connectivity index (χ1v) is 7.75. The molecule has 128 valence electrons. The molecule has 3 rings (SSSR count). The number of carbonyl (C=O) groups is 1.